The molecule has 1 aliphatic heterocycles. The zero-order chi connectivity index (χ0) is 14.5. The first-order valence-electron chi connectivity index (χ1n) is 8.31. The summed E-state index contributed by atoms with van der Waals surface area (Å²) in [6, 6.07) is 0.950. The van der Waals surface area contributed by atoms with Gasteiger partial charge in [-0.05, 0) is 65.0 Å². The van der Waals surface area contributed by atoms with E-state index < -0.39 is 0 Å². The van der Waals surface area contributed by atoms with Crippen molar-refractivity contribution in [2.24, 2.45) is 5.92 Å². The molecule has 4 nitrogen and oxygen atoms in total. The average Bonchev–Trinajstić information content (AvgIpc) is 2.48. The molecule has 0 aromatic rings. The van der Waals surface area contributed by atoms with Crippen molar-refractivity contribution >= 4 is 5.91 Å². The molecule has 0 aromatic carbocycles. The van der Waals surface area contributed by atoms with Crippen LogP contribution in [0.1, 0.15) is 52.4 Å². The quantitative estimate of drug-likeness (QED) is 0.825. The molecular formula is C16H31N3O. The Morgan fingerprint density at radius 1 is 1.15 bits per heavy atom. The van der Waals surface area contributed by atoms with Gasteiger partial charge in [-0.3, -0.25) is 9.69 Å². The number of likely N-dealkylation sites (tertiary alicyclic amines) is 1. The van der Waals surface area contributed by atoms with Crippen molar-refractivity contribution in [2.75, 3.05) is 20.1 Å². The van der Waals surface area contributed by atoms with Crippen LogP contribution < -0.4 is 10.6 Å². The fourth-order valence-electron chi connectivity index (χ4n) is 3.49. The lowest BCUT2D eigenvalue weighted by Gasteiger charge is -2.37. The standard InChI is InChI=1S/C16H31N3O/c1-12-6-8-14(9-7-12)18-16(20)13(2)19-10-4-5-15(11-19)17-3/h12-15,17H,4-11H2,1-3H3,(H,18,20). The molecule has 1 amide bonds. The summed E-state index contributed by atoms with van der Waals surface area (Å²) in [5.74, 6) is 1.06. The van der Waals surface area contributed by atoms with Crippen molar-refractivity contribution in [1.82, 2.24) is 15.5 Å². The van der Waals surface area contributed by atoms with E-state index in [1.807, 2.05) is 7.05 Å². The first-order valence-corrected chi connectivity index (χ1v) is 8.31. The number of piperidine rings is 1. The molecule has 4 heteroatoms. The van der Waals surface area contributed by atoms with Crippen LogP contribution in [0.3, 0.4) is 0 Å². The van der Waals surface area contributed by atoms with E-state index in [-0.39, 0.29) is 11.9 Å². The molecule has 0 spiro atoms. The molecular weight excluding hydrogens is 250 g/mol. The molecule has 20 heavy (non-hydrogen) atoms. The number of hydrogen-bond acceptors (Lipinski definition) is 3. The number of amides is 1. The molecule has 2 fully saturated rings. The van der Waals surface area contributed by atoms with Gasteiger partial charge in [-0.15, -0.1) is 0 Å². The molecule has 1 aliphatic carbocycles. The minimum absolute atomic E-state index is 0.00509. The van der Waals surface area contributed by atoms with E-state index in [4.69, 9.17) is 0 Å². The van der Waals surface area contributed by atoms with E-state index in [0.717, 1.165) is 31.8 Å². The third kappa shape index (κ3) is 4.19. The second kappa shape index (κ2) is 7.41. The first-order chi connectivity index (χ1) is 9.60. The Labute approximate surface area is 123 Å². The van der Waals surface area contributed by atoms with E-state index in [1.165, 1.54) is 25.7 Å². The maximum atomic E-state index is 12.4. The van der Waals surface area contributed by atoms with Crippen LogP contribution in [0.5, 0.6) is 0 Å². The van der Waals surface area contributed by atoms with Gasteiger partial charge in [-0.25, -0.2) is 0 Å². The van der Waals surface area contributed by atoms with Gasteiger partial charge in [0.25, 0.3) is 0 Å². The number of likely N-dealkylation sites (N-methyl/N-ethyl adjacent to an activating group) is 1. The van der Waals surface area contributed by atoms with Gasteiger partial charge in [0, 0.05) is 18.6 Å². The Bertz CT molecular complexity index is 313. The molecule has 2 rings (SSSR count). The maximum Gasteiger partial charge on any atom is 0.237 e. The first kappa shape index (κ1) is 15.8. The van der Waals surface area contributed by atoms with Gasteiger partial charge in [0.2, 0.25) is 5.91 Å². The fourth-order valence-corrected chi connectivity index (χ4v) is 3.49. The minimum Gasteiger partial charge on any atom is -0.352 e. The van der Waals surface area contributed by atoms with Gasteiger partial charge in [-0.2, -0.15) is 0 Å². The molecule has 1 saturated heterocycles. The summed E-state index contributed by atoms with van der Waals surface area (Å²) in [5, 5.41) is 6.61. The highest BCUT2D eigenvalue weighted by Crippen LogP contribution is 2.23. The second-order valence-electron chi connectivity index (χ2n) is 6.76. The Morgan fingerprint density at radius 2 is 1.85 bits per heavy atom. The number of hydrogen-bond donors (Lipinski definition) is 2. The normalized spacial score (nSPS) is 33.6. The van der Waals surface area contributed by atoms with E-state index in [0.29, 0.717) is 12.1 Å². The molecule has 0 aromatic heterocycles. The van der Waals surface area contributed by atoms with Crippen LogP contribution in [0.15, 0.2) is 0 Å². The maximum absolute atomic E-state index is 12.4. The van der Waals surface area contributed by atoms with Crippen molar-refractivity contribution in [2.45, 2.75) is 70.5 Å². The lowest BCUT2D eigenvalue weighted by Crippen LogP contribution is -2.54. The highest BCUT2D eigenvalue weighted by Gasteiger charge is 2.28. The van der Waals surface area contributed by atoms with Gasteiger partial charge in [0.15, 0.2) is 0 Å². The Hall–Kier alpha value is -0.610. The Kier molecular flexibility index (Phi) is 5.85. The monoisotopic (exact) mass is 281 g/mol. The molecule has 2 aliphatic rings. The van der Waals surface area contributed by atoms with Crippen molar-refractivity contribution in [3.8, 4) is 0 Å². The predicted molar refractivity (Wildman–Crippen MR) is 82.7 cm³/mol. The molecule has 1 heterocycles. The number of nitrogens with one attached hydrogen (secondary N) is 2. The van der Waals surface area contributed by atoms with Gasteiger partial charge in [0.05, 0.1) is 6.04 Å². The summed E-state index contributed by atoms with van der Waals surface area (Å²) in [4.78, 5) is 14.7. The van der Waals surface area contributed by atoms with Crippen LogP contribution in [-0.4, -0.2) is 49.1 Å². The van der Waals surface area contributed by atoms with Crippen molar-refractivity contribution in [3.05, 3.63) is 0 Å². The molecule has 2 N–H and O–H groups in total. The number of rotatable bonds is 4. The van der Waals surface area contributed by atoms with Gasteiger partial charge in [-0.1, -0.05) is 6.92 Å². The van der Waals surface area contributed by atoms with E-state index >= 15 is 0 Å². The van der Waals surface area contributed by atoms with Crippen molar-refractivity contribution in [1.29, 1.82) is 0 Å². The summed E-state index contributed by atoms with van der Waals surface area (Å²) < 4.78 is 0. The molecule has 116 valence electrons. The summed E-state index contributed by atoms with van der Waals surface area (Å²) in [7, 11) is 2.02. The summed E-state index contributed by atoms with van der Waals surface area (Å²) in [5.41, 5.74) is 0. The van der Waals surface area contributed by atoms with Crippen LogP contribution in [-0.2, 0) is 4.79 Å². The highest BCUT2D eigenvalue weighted by atomic mass is 16.2. The Morgan fingerprint density at radius 3 is 2.50 bits per heavy atom. The van der Waals surface area contributed by atoms with E-state index in [2.05, 4.69) is 29.4 Å². The topological polar surface area (TPSA) is 44.4 Å². The largest absolute Gasteiger partial charge is 0.352 e. The van der Waals surface area contributed by atoms with Crippen molar-refractivity contribution < 1.29 is 4.79 Å². The van der Waals surface area contributed by atoms with Crippen LogP contribution in [0.2, 0.25) is 0 Å². The van der Waals surface area contributed by atoms with Crippen molar-refractivity contribution in [3.63, 3.8) is 0 Å². The third-order valence-corrected chi connectivity index (χ3v) is 5.15. The minimum atomic E-state index is 0.00509. The lowest BCUT2D eigenvalue weighted by molar-refractivity contribution is -0.127. The van der Waals surface area contributed by atoms with E-state index in [9.17, 15) is 4.79 Å². The summed E-state index contributed by atoms with van der Waals surface area (Å²) >= 11 is 0. The molecule has 2 unspecified atom stereocenters. The molecule has 2 atom stereocenters. The lowest BCUT2D eigenvalue weighted by atomic mass is 9.87. The number of nitrogens with zero attached hydrogens (tertiary/aromatic N) is 1. The second-order valence-corrected chi connectivity index (χ2v) is 6.76. The zero-order valence-electron chi connectivity index (χ0n) is 13.3. The highest BCUT2D eigenvalue weighted by molar-refractivity contribution is 5.81. The van der Waals surface area contributed by atoms with Gasteiger partial charge < -0.3 is 10.6 Å². The van der Waals surface area contributed by atoms with Crippen LogP contribution in [0.4, 0.5) is 0 Å². The van der Waals surface area contributed by atoms with Crippen LogP contribution in [0, 0.1) is 5.92 Å². The SMILES string of the molecule is CNC1CCCN(C(C)C(=O)NC2CCC(C)CC2)C1. The smallest absolute Gasteiger partial charge is 0.237 e. The molecule has 0 bridgehead atoms. The van der Waals surface area contributed by atoms with Gasteiger partial charge in [0.1, 0.15) is 0 Å². The molecule has 0 radical (unpaired) electrons. The Balaban J connectivity index is 1.79. The summed E-state index contributed by atoms with van der Waals surface area (Å²) in [6.07, 6.45) is 7.22. The zero-order valence-corrected chi connectivity index (χ0v) is 13.3. The predicted octanol–water partition coefficient (Wildman–Crippen LogP) is 1.75. The fraction of sp³-hybridized carbons (Fsp3) is 0.938. The number of carbonyl (C=O) groups excluding carboxylic acids is 1. The van der Waals surface area contributed by atoms with E-state index in [1.54, 1.807) is 0 Å². The average molecular weight is 281 g/mol. The van der Waals surface area contributed by atoms with Gasteiger partial charge >= 0.3 is 0 Å². The van der Waals surface area contributed by atoms with Crippen LogP contribution in [0.25, 0.3) is 0 Å². The van der Waals surface area contributed by atoms with Crippen LogP contribution >= 0.6 is 0 Å². The molecule has 1 saturated carbocycles. The third-order valence-electron chi connectivity index (χ3n) is 5.15. The number of carbonyl (C=O) groups is 1. The summed E-state index contributed by atoms with van der Waals surface area (Å²) in [6.45, 7) is 6.41.